The minimum atomic E-state index is -2.99. The van der Waals surface area contributed by atoms with Gasteiger partial charge in [-0.1, -0.05) is 72.3 Å². The Labute approximate surface area is 257 Å². The molecule has 1 unspecified atom stereocenters. The Kier molecular flexibility index (Phi) is 9.20. The van der Waals surface area contributed by atoms with Crippen molar-refractivity contribution in [2.75, 3.05) is 0 Å². The van der Waals surface area contributed by atoms with E-state index in [9.17, 15) is 9.90 Å². The number of allylic oxidation sites excluding steroid dienone is 2. The molecular weight excluding hydrogens is 529 g/mol. The second-order valence-electron chi connectivity index (χ2n) is 14.8. The van der Waals surface area contributed by atoms with Crippen LogP contribution in [0.3, 0.4) is 0 Å². The van der Waals surface area contributed by atoms with Crippen molar-refractivity contribution in [3.8, 4) is 11.8 Å². The summed E-state index contributed by atoms with van der Waals surface area (Å²) >= 11 is 0. The number of fused-ring (bicyclic) bond motifs is 1. The van der Waals surface area contributed by atoms with Crippen molar-refractivity contribution in [3.05, 3.63) is 23.8 Å². The molecule has 40 heavy (non-hydrogen) atoms. The minimum Gasteiger partial charge on any atom is -0.481 e. The number of carbonyl (C=O) groups is 1. The Morgan fingerprint density at radius 1 is 1.12 bits per heavy atom. The zero-order valence-electron chi connectivity index (χ0n) is 33.2. The van der Waals surface area contributed by atoms with E-state index in [-0.39, 0.29) is 34.4 Å². The first-order valence-electron chi connectivity index (χ1n) is 17.9. The number of aliphatic carboxylic acids is 1. The first-order chi connectivity index (χ1) is 20.5. The van der Waals surface area contributed by atoms with E-state index < -0.39 is 53.7 Å². The lowest BCUT2D eigenvalue weighted by Gasteiger charge is -2.41. The summed E-state index contributed by atoms with van der Waals surface area (Å²) < 4.78 is 63.2. The average molecular weight is 595 g/mol. The largest absolute Gasteiger partial charge is 0.481 e. The van der Waals surface area contributed by atoms with Gasteiger partial charge in [-0.25, -0.2) is 0 Å². The van der Waals surface area contributed by atoms with Crippen molar-refractivity contribution < 1.29 is 27.0 Å². The normalized spacial score (nSPS) is 29.9. The van der Waals surface area contributed by atoms with Crippen molar-refractivity contribution in [1.29, 1.82) is 0 Å². The van der Waals surface area contributed by atoms with Crippen molar-refractivity contribution in [2.24, 2.45) is 23.7 Å². The van der Waals surface area contributed by atoms with E-state index in [4.69, 9.17) is 17.1 Å². The van der Waals surface area contributed by atoms with Crippen molar-refractivity contribution in [2.45, 2.75) is 149 Å². The summed E-state index contributed by atoms with van der Waals surface area (Å²) in [6, 6.07) is 0. The molecule has 0 aromatic heterocycles. The van der Waals surface area contributed by atoms with Gasteiger partial charge in [-0.3, -0.25) is 4.79 Å². The van der Waals surface area contributed by atoms with E-state index in [2.05, 4.69) is 91.7 Å². The fourth-order valence-corrected chi connectivity index (χ4v) is 7.93. The maximum atomic E-state index is 11.4. The monoisotopic (exact) mass is 594 g/mol. The van der Waals surface area contributed by atoms with Crippen LogP contribution in [0.2, 0.25) is 36.3 Å². The Bertz CT molecular complexity index is 1220. The summed E-state index contributed by atoms with van der Waals surface area (Å²) in [6.45, 7) is 25.6. The number of carboxylic acid groups (broad SMARTS) is 1. The maximum Gasteiger partial charge on any atom is 0.303 e. The van der Waals surface area contributed by atoms with Gasteiger partial charge in [0.2, 0.25) is 0 Å². The molecule has 6 heteroatoms. The predicted molar refractivity (Wildman–Crippen MR) is 174 cm³/mol. The molecule has 0 amide bonds. The SMILES string of the molecule is [2H]C([2H])(C#CC)C(C)[C@@H](/C=C/[C@@H]1[C@H]2C/C(=C/CC([2H])([2H])C([2H])([2H])C(=O)O)C[C@H]2C[C@H]1O[Si](C)(C)C(C)(C)C)O[Si](C)(C)C(C)(C)C. The van der Waals surface area contributed by atoms with Crippen LogP contribution in [0.4, 0.5) is 0 Å². The zero-order valence-corrected chi connectivity index (χ0v) is 29.2. The second kappa shape index (κ2) is 13.9. The smallest absolute Gasteiger partial charge is 0.303 e. The lowest BCUT2D eigenvalue weighted by Crippen LogP contribution is -2.45. The highest BCUT2D eigenvalue weighted by Gasteiger charge is 2.50. The minimum absolute atomic E-state index is 0.0164. The van der Waals surface area contributed by atoms with Gasteiger partial charge in [0.15, 0.2) is 16.6 Å². The predicted octanol–water partition coefficient (Wildman–Crippen LogP) is 9.60. The van der Waals surface area contributed by atoms with Gasteiger partial charge in [0.25, 0.3) is 0 Å². The van der Waals surface area contributed by atoms with Gasteiger partial charge >= 0.3 is 5.97 Å². The number of hydrogen-bond donors (Lipinski definition) is 1. The molecular formula is C34H60O4Si2. The maximum absolute atomic E-state index is 11.4. The topological polar surface area (TPSA) is 55.8 Å². The summed E-state index contributed by atoms with van der Waals surface area (Å²) in [5.74, 6) is 3.75. The molecule has 6 atom stereocenters. The molecule has 0 aliphatic heterocycles. The molecule has 4 nitrogen and oxygen atoms in total. The molecule has 228 valence electrons. The van der Waals surface area contributed by atoms with E-state index in [1.54, 1.807) is 13.0 Å². The third kappa shape index (κ3) is 9.44. The summed E-state index contributed by atoms with van der Waals surface area (Å²) in [5.41, 5.74) is 1.03. The van der Waals surface area contributed by atoms with Crippen LogP contribution in [0.5, 0.6) is 0 Å². The molecule has 2 rings (SSSR count). The molecule has 0 aromatic rings. The molecule has 0 heterocycles. The number of carboxylic acids is 1. The van der Waals surface area contributed by atoms with E-state index in [1.165, 1.54) is 0 Å². The van der Waals surface area contributed by atoms with Crippen LogP contribution in [-0.2, 0) is 13.6 Å². The molecule has 2 saturated carbocycles. The van der Waals surface area contributed by atoms with Crippen molar-refractivity contribution >= 4 is 22.6 Å². The quantitative estimate of drug-likeness (QED) is 0.139. The fourth-order valence-electron chi connectivity index (χ4n) is 5.25. The van der Waals surface area contributed by atoms with Crippen LogP contribution in [0.25, 0.3) is 0 Å². The lowest BCUT2D eigenvalue weighted by molar-refractivity contribution is -0.137. The molecule has 0 bridgehead atoms. The summed E-state index contributed by atoms with van der Waals surface area (Å²) in [5, 5.41) is 9.21. The van der Waals surface area contributed by atoms with E-state index in [1.807, 2.05) is 6.92 Å². The molecule has 0 radical (unpaired) electrons. The fraction of sp³-hybridized carbons (Fsp3) is 0.794. The Morgan fingerprint density at radius 3 is 2.30 bits per heavy atom. The van der Waals surface area contributed by atoms with E-state index in [0.29, 0.717) is 12.3 Å². The first-order valence-corrected chi connectivity index (χ1v) is 20.7. The highest BCUT2D eigenvalue weighted by Crippen LogP contribution is 2.53. The standard InChI is InChI=1S/C34H60O4Si2/c1-13-14-17-25(2)30(37-39(9,10)33(3,4)5)21-20-28-29-23-26(18-15-16-19-32(35)36)22-27(29)24-31(28)38-40(11,12)34(6,7)8/h18,20-21,25,27-31H,15-17,19,22-24H2,1-12H3,(H,35,36)/b21-20+,26-18+/t25?,27-,28+,29-,30+,31+/m0/s1/i16D2,17D2,19D2. The third-order valence-electron chi connectivity index (χ3n) is 9.70. The summed E-state index contributed by atoms with van der Waals surface area (Å²) in [6.07, 6.45) is 0.158. The van der Waals surface area contributed by atoms with E-state index >= 15 is 0 Å². The molecule has 0 aromatic carbocycles. The number of rotatable bonds is 12. The summed E-state index contributed by atoms with van der Waals surface area (Å²) in [4.78, 5) is 11.4. The van der Waals surface area contributed by atoms with Gasteiger partial charge in [0.1, 0.15) is 0 Å². The van der Waals surface area contributed by atoms with Crippen molar-refractivity contribution in [3.63, 3.8) is 0 Å². The van der Waals surface area contributed by atoms with Gasteiger partial charge in [-0.15, -0.1) is 11.8 Å². The molecule has 0 saturated heterocycles. The van der Waals surface area contributed by atoms with Crippen molar-refractivity contribution in [1.82, 2.24) is 0 Å². The molecule has 2 fully saturated rings. The van der Waals surface area contributed by atoms with Gasteiger partial charge in [-0.05, 0) is 93.0 Å². The zero-order chi connectivity index (χ0) is 35.9. The highest BCUT2D eigenvalue weighted by molar-refractivity contribution is 6.74. The third-order valence-corrected chi connectivity index (χ3v) is 18.7. The van der Waals surface area contributed by atoms with Crippen LogP contribution in [0.1, 0.15) is 108 Å². The van der Waals surface area contributed by atoms with Crippen LogP contribution >= 0.6 is 0 Å². The van der Waals surface area contributed by atoms with Gasteiger partial charge in [-0.2, -0.15) is 0 Å². The van der Waals surface area contributed by atoms with Crippen LogP contribution < -0.4 is 0 Å². The highest BCUT2D eigenvalue weighted by atomic mass is 28.4. The molecule has 0 spiro atoms. The summed E-state index contributed by atoms with van der Waals surface area (Å²) in [7, 11) is -4.41. The molecule has 2 aliphatic carbocycles. The Morgan fingerprint density at radius 2 is 1.75 bits per heavy atom. The lowest BCUT2D eigenvalue weighted by atomic mass is 9.89. The van der Waals surface area contributed by atoms with Crippen LogP contribution in [0, 0.1) is 35.5 Å². The first kappa shape index (κ1) is 26.5. The Hall–Kier alpha value is -1.14. The van der Waals surface area contributed by atoms with Crippen LogP contribution in [0.15, 0.2) is 23.8 Å². The average Bonchev–Trinajstić information content (AvgIpc) is 3.40. The Balaban J connectivity index is 2.52. The number of hydrogen-bond acceptors (Lipinski definition) is 3. The van der Waals surface area contributed by atoms with Gasteiger partial charge in [0.05, 0.1) is 12.2 Å². The van der Waals surface area contributed by atoms with E-state index in [0.717, 1.165) is 18.4 Å². The van der Waals surface area contributed by atoms with Crippen LogP contribution in [-0.4, -0.2) is 39.9 Å². The molecule has 2 aliphatic rings. The second-order valence-corrected chi connectivity index (χ2v) is 24.3. The van der Waals surface area contributed by atoms with Gasteiger partial charge in [0, 0.05) is 26.9 Å². The van der Waals surface area contributed by atoms with Gasteiger partial charge < -0.3 is 14.0 Å². The molecule has 1 N–H and O–H groups in total.